The van der Waals surface area contributed by atoms with Gasteiger partial charge in [0.15, 0.2) is 16.7 Å². The van der Waals surface area contributed by atoms with Crippen molar-refractivity contribution in [3.05, 3.63) is 29.6 Å². The van der Waals surface area contributed by atoms with Crippen LogP contribution in [0.5, 0.6) is 5.75 Å². The van der Waals surface area contributed by atoms with Crippen LogP contribution >= 0.6 is 11.8 Å². The van der Waals surface area contributed by atoms with E-state index in [0.29, 0.717) is 11.3 Å². The molecule has 2 atom stereocenters. The maximum Gasteiger partial charge on any atom is 0.185 e. The van der Waals surface area contributed by atoms with Gasteiger partial charge in [0.05, 0.1) is 13.2 Å². The van der Waals surface area contributed by atoms with Crippen molar-refractivity contribution in [3.63, 3.8) is 0 Å². The summed E-state index contributed by atoms with van der Waals surface area (Å²) in [6.07, 6.45) is -1.88. The van der Waals surface area contributed by atoms with Crippen molar-refractivity contribution in [2.75, 3.05) is 12.9 Å². The highest BCUT2D eigenvalue weighted by atomic mass is 32.2. The van der Waals surface area contributed by atoms with Crippen molar-refractivity contribution in [1.82, 2.24) is 0 Å². The van der Waals surface area contributed by atoms with Gasteiger partial charge in [-0.2, -0.15) is 0 Å². The molecular formula is C13H17FO4S. The summed E-state index contributed by atoms with van der Waals surface area (Å²) in [5.74, 6) is -0.0896. The number of rotatable bonds is 6. The molecule has 2 N–H and O–H groups in total. The van der Waals surface area contributed by atoms with Gasteiger partial charge in [-0.05, 0) is 24.1 Å². The second-order valence-corrected chi connectivity index (χ2v) is 5.31. The van der Waals surface area contributed by atoms with Crippen molar-refractivity contribution in [2.24, 2.45) is 0 Å². The summed E-state index contributed by atoms with van der Waals surface area (Å²) in [4.78, 5) is 10.7. The molecule has 1 aromatic rings. The van der Waals surface area contributed by atoms with E-state index in [4.69, 9.17) is 4.74 Å². The maximum absolute atomic E-state index is 13.2. The molecule has 0 saturated carbocycles. The van der Waals surface area contributed by atoms with Crippen LogP contribution in [0.25, 0.3) is 0 Å². The van der Waals surface area contributed by atoms with Gasteiger partial charge in [0, 0.05) is 12.7 Å². The number of aliphatic hydroxyl groups is 2. The van der Waals surface area contributed by atoms with Gasteiger partial charge in [0.2, 0.25) is 0 Å². The largest absolute Gasteiger partial charge is 0.494 e. The first-order valence-electron chi connectivity index (χ1n) is 5.78. The number of ether oxygens (including phenoxy) is 1. The van der Waals surface area contributed by atoms with E-state index in [-0.39, 0.29) is 17.3 Å². The molecule has 0 amide bonds. The molecule has 4 nitrogen and oxygen atoms in total. The number of aliphatic hydroxyl groups excluding tert-OH is 2. The molecule has 0 radical (unpaired) electrons. The number of hydrogen-bond acceptors (Lipinski definition) is 5. The zero-order valence-corrected chi connectivity index (χ0v) is 11.6. The highest BCUT2D eigenvalue weighted by molar-refractivity contribution is 8.13. The molecule has 0 heterocycles. The van der Waals surface area contributed by atoms with Crippen molar-refractivity contribution >= 4 is 16.9 Å². The summed E-state index contributed by atoms with van der Waals surface area (Å²) in [7, 11) is 1.33. The van der Waals surface area contributed by atoms with E-state index in [1.807, 2.05) is 0 Å². The molecule has 2 unspecified atom stereocenters. The number of carbonyl (C=O) groups is 1. The standard InChI is InChI=1S/C13H17FO4S/c1-8(15)19-6-5-11(16)13(17)9-3-4-10(14)12(7-9)18-2/h3-4,7,11,13,16-17H,5-6H2,1-2H3. The highest BCUT2D eigenvalue weighted by Crippen LogP contribution is 2.26. The Balaban J connectivity index is 2.65. The van der Waals surface area contributed by atoms with Crippen LogP contribution in [0.3, 0.4) is 0 Å². The molecule has 0 spiro atoms. The molecule has 0 aliphatic carbocycles. The predicted molar refractivity (Wildman–Crippen MR) is 71.7 cm³/mol. The fourth-order valence-corrected chi connectivity index (χ4v) is 2.21. The second kappa shape index (κ2) is 7.47. The van der Waals surface area contributed by atoms with Gasteiger partial charge >= 0.3 is 0 Å². The van der Waals surface area contributed by atoms with E-state index >= 15 is 0 Å². The average Bonchev–Trinajstić information content (AvgIpc) is 2.38. The molecule has 6 heteroatoms. The number of carbonyl (C=O) groups excluding carboxylic acids is 1. The predicted octanol–water partition coefficient (Wildman–Crippen LogP) is 1.90. The fourth-order valence-electron chi connectivity index (χ4n) is 1.56. The first kappa shape index (κ1) is 15.9. The lowest BCUT2D eigenvalue weighted by Gasteiger charge is -2.18. The minimum absolute atomic E-state index is 0.0156. The topological polar surface area (TPSA) is 66.8 Å². The van der Waals surface area contributed by atoms with Crippen molar-refractivity contribution in [3.8, 4) is 5.75 Å². The molecule has 0 aliphatic heterocycles. The van der Waals surface area contributed by atoms with Crippen LogP contribution in [0.1, 0.15) is 25.0 Å². The molecule has 0 aromatic heterocycles. The zero-order chi connectivity index (χ0) is 14.4. The van der Waals surface area contributed by atoms with Crippen LogP contribution in [-0.4, -0.2) is 34.3 Å². The average molecular weight is 288 g/mol. The molecule has 1 aromatic carbocycles. The summed E-state index contributed by atoms with van der Waals surface area (Å²) in [5.41, 5.74) is 0.374. The van der Waals surface area contributed by atoms with Gasteiger partial charge in [-0.25, -0.2) is 4.39 Å². The Morgan fingerprint density at radius 2 is 2.16 bits per heavy atom. The first-order valence-corrected chi connectivity index (χ1v) is 6.77. The smallest absolute Gasteiger partial charge is 0.185 e. The third-order valence-electron chi connectivity index (χ3n) is 2.60. The maximum atomic E-state index is 13.2. The summed E-state index contributed by atoms with van der Waals surface area (Å²) in [6, 6.07) is 3.92. The Kier molecular flexibility index (Phi) is 6.27. The Hall–Kier alpha value is -1.11. The van der Waals surface area contributed by atoms with Gasteiger partial charge in [-0.1, -0.05) is 17.8 Å². The van der Waals surface area contributed by atoms with E-state index in [1.54, 1.807) is 0 Å². The van der Waals surface area contributed by atoms with Crippen LogP contribution in [-0.2, 0) is 4.79 Å². The van der Waals surface area contributed by atoms with E-state index < -0.39 is 18.0 Å². The van der Waals surface area contributed by atoms with Gasteiger partial charge in [-0.15, -0.1) is 0 Å². The van der Waals surface area contributed by atoms with Crippen molar-refractivity contribution < 1.29 is 24.1 Å². The Labute approximate surface area is 115 Å². The van der Waals surface area contributed by atoms with Gasteiger partial charge in [0.1, 0.15) is 6.10 Å². The molecular weight excluding hydrogens is 271 g/mol. The second-order valence-electron chi connectivity index (χ2n) is 4.03. The third kappa shape index (κ3) is 4.81. The van der Waals surface area contributed by atoms with Crippen LogP contribution in [0.4, 0.5) is 4.39 Å². The minimum atomic E-state index is -1.14. The first-order chi connectivity index (χ1) is 8.95. The Bertz CT molecular complexity index is 439. The molecule has 106 valence electrons. The quantitative estimate of drug-likeness (QED) is 0.837. The lowest BCUT2D eigenvalue weighted by molar-refractivity contribution is -0.109. The van der Waals surface area contributed by atoms with E-state index in [2.05, 4.69) is 0 Å². The Morgan fingerprint density at radius 3 is 2.74 bits per heavy atom. The van der Waals surface area contributed by atoms with E-state index in [1.165, 1.54) is 32.2 Å². The summed E-state index contributed by atoms with van der Waals surface area (Å²) < 4.78 is 18.0. The van der Waals surface area contributed by atoms with Crippen LogP contribution in [0.2, 0.25) is 0 Å². The normalized spacial score (nSPS) is 13.9. The van der Waals surface area contributed by atoms with Gasteiger partial charge < -0.3 is 14.9 Å². The number of benzene rings is 1. The zero-order valence-electron chi connectivity index (χ0n) is 10.8. The number of hydrogen-bond donors (Lipinski definition) is 2. The minimum Gasteiger partial charge on any atom is -0.494 e. The SMILES string of the molecule is COc1cc(C(O)C(O)CCSC(C)=O)ccc1F. The van der Waals surface area contributed by atoms with E-state index in [9.17, 15) is 19.4 Å². The van der Waals surface area contributed by atoms with Crippen molar-refractivity contribution in [2.45, 2.75) is 25.6 Å². The number of methoxy groups -OCH3 is 1. The lowest BCUT2D eigenvalue weighted by atomic mass is 10.0. The number of halogens is 1. The van der Waals surface area contributed by atoms with Gasteiger partial charge in [-0.3, -0.25) is 4.79 Å². The van der Waals surface area contributed by atoms with E-state index in [0.717, 1.165) is 11.8 Å². The molecule has 1 rings (SSSR count). The molecule has 0 fully saturated rings. The van der Waals surface area contributed by atoms with Crippen LogP contribution in [0.15, 0.2) is 18.2 Å². The number of thioether (sulfide) groups is 1. The van der Waals surface area contributed by atoms with Crippen LogP contribution in [0, 0.1) is 5.82 Å². The molecule has 0 aliphatic rings. The molecule has 19 heavy (non-hydrogen) atoms. The van der Waals surface area contributed by atoms with Gasteiger partial charge in [0.25, 0.3) is 0 Å². The molecule has 0 saturated heterocycles. The lowest BCUT2D eigenvalue weighted by Crippen LogP contribution is -2.19. The van der Waals surface area contributed by atoms with Crippen LogP contribution < -0.4 is 4.74 Å². The molecule has 0 bridgehead atoms. The summed E-state index contributed by atoms with van der Waals surface area (Å²) >= 11 is 1.09. The fraction of sp³-hybridized carbons (Fsp3) is 0.462. The summed E-state index contributed by atoms with van der Waals surface area (Å²) in [6.45, 7) is 1.44. The summed E-state index contributed by atoms with van der Waals surface area (Å²) in [5, 5.41) is 19.7. The van der Waals surface area contributed by atoms with Crippen molar-refractivity contribution in [1.29, 1.82) is 0 Å². The highest BCUT2D eigenvalue weighted by Gasteiger charge is 2.19. The Morgan fingerprint density at radius 1 is 1.47 bits per heavy atom. The monoisotopic (exact) mass is 288 g/mol. The third-order valence-corrected chi connectivity index (χ3v) is 3.45.